The molecule has 8 aromatic carbocycles. The summed E-state index contributed by atoms with van der Waals surface area (Å²) in [6.07, 6.45) is 0. The maximum atomic E-state index is 5.15. The number of hydrogen-bond donors (Lipinski definition) is 0. The molecule has 10 rings (SSSR count). The van der Waals surface area contributed by atoms with Gasteiger partial charge in [-0.1, -0.05) is 182 Å². The Balaban J connectivity index is 1.25. The summed E-state index contributed by atoms with van der Waals surface area (Å²) < 4.78 is 2.53. The molecule has 0 N–H and O–H groups in total. The molecule has 0 saturated heterocycles. The fourth-order valence-electron chi connectivity index (χ4n) is 7.48. The Morgan fingerprint density at radius 2 is 0.691 bits per heavy atom. The Hall–Kier alpha value is -7.01. The average molecular weight is 720 g/mol. The molecule has 3 nitrogen and oxygen atoms in total. The van der Waals surface area contributed by atoms with Crippen molar-refractivity contribution in [1.29, 1.82) is 0 Å². The fraction of sp³-hybridized carbons (Fsp3) is 0. The van der Waals surface area contributed by atoms with E-state index in [4.69, 9.17) is 15.0 Å². The van der Waals surface area contributed by atoms with Crippen molar-refractivity contribution in [2.75, 3.05) is 0 Å². The van der Waals surface area contributed by atoms with Gasteiger partial charge in [-0.05, 0) is 62.7 Å². The van der Waals surface area contributed by atoms with Crippen LogP contribution < -0.4 is 0 Å². The topological polar surface area (TPSA) is 38.7 Å². The molecule has 2 heterocycles. The first-order valence-corrected chi connectivity index (χ1v) is 19.3. The smallest absolute Gasteiger partial charge is 0.164 e. The largest absolute Gasteiger partial charge is 0.208 e. The molecule has 0 aliphatic carbocycles. The number of aromatic nitrogens is 3. The predicted molar refractivity (Wildman–Crippen MR) is 231 cm³/mol. The summed E-state index contributed by atoms with van der Waals surface area (Å²) in [5.41, 5.74) is 12.2. The molecular weight excluding hydrogens is 687 g/mol. The van der Waals surface area contributed by atoms with Crippen LogP contribution in [0.5, 0.6) is 0 Å². The molecule has 55 heavy (non-hydrogen) atoms. The van der Waals surface area contributed by atoms with Crippen molar-refractivity contribution in [3.8, 4) is 78.7 Å². The lowest BCUT2D eigenvalue weighted by Gasteiger charge is -2.14. The molecule has 0 unspecified atom stereocenters. The predicted octanol–water partition coefficient (Wildman–Crippen LogP) is 13.9. The first kappa shape index (κ1) is 32.6. The number of benzene rings is 8. The summed E-state index contributed by atoms with van der Waals surface area (Å²) >= 11 is 1.87. The van der Waals surface area contributed by atoms with E-state index in [1.54, 1.807) is 0 Å². The molecule has 2 aromatic heterocycles. The minimum atomic E-state index is 0.631. The summed E-state index contributed by atoms with van der Waals surface area (Å²) in [6.45, 7) is 0. The van der Waals surface area contributed by atoms with E-state index in [1.807, 2.05) is 47.7 Å². The van der Waals surface area contributed by atoms with E-state index in [0.717, 1.165) is 33.4 Å². The minimum absolute atomic E-state index is 0.631. The van der Waals surface area contributed by atoms with Gasteiger partial charge in [0.2, 0.25) is 0 Å². The lowest BCUT2D eigenvalue weighted by molar-refractivity contribution is 1.07. The third kappa shape index (κ3) is 6.19. The summed E-state index contributed by atoms with van der Waals surface area (Å²) in [5, 5.41) is 2.53. The highest BCUT2D eigenvalue weighted by Gasteiger charge is 2.20. The third-order valence-electron chi connectivity index (χ3n) is 10.1. The molecule has 0 aliphatic heterocycles. The van der Waals surface area contributed by atoms with E-state index in [2.05, 4.69) is 164 Å². The number of thiophene rings is 1. The molecule has 4 heteroatoms. The van der Waals surface area contributed by atoms with Gasteiger partial charge < -0.3 is 0 Å². The molecule has 0 amide bonds. The first-order valence-electron chi connectivity index (χ1n) is 18.4. The van der Waals surface area contributed by atoms with Crippen LogP contribution >= 0.6 is 11.3 Å². The van der Waals surface area contributed by atoms with Crippen molar-refractivity contribution < 1.29 is 0 Å². The number of rotatable bonds is 7. The third-order valence-corrected chi connectivity index (χ3v) is 11.4. The van der Waals surface area contributed by atoms with Gasteiger partial charge in [-0.2, -0.15) is 0 Å². The Kier molecular flexibility index (Phi) is 8.36. The Bertz CT molecular complexity index is 2890. The Morgan fingerprint density at radius 1 is 0.273 bits per heavy atom. The summed E-state index contributed by atoms with van der Waals surface area (Å²) in [4.78, 5) is 15.3. The standard InChI is InChI=1S/C51H33N3S/c1-6-17-34(18-7-1)39-31-40(33-41(32-39)51-53-49(37-23-12-4-13-24-37)52-50(54-51)38-25-14-5-15-26-38)44-30-29-42(35-19-8-2-9-20-35)46-45-28-16-27-43(47(45)55-48(44)46)36-21-10-3-11-22-36/h1-33H. The zero-order valence-corrected chi connectivity index (χ0v) is 30.6. The SMILES string of the molecule is c1ccc(-c2cc(-c3nc(-c4ccccc4)nc(-c4ccccc4)n3)cc(-c3ccc(-c4ccccc4)c4c3sc3c(-c5ccccc5)cccc34)c2)cc1. The number of fused-ring (bicyclic) bond motifs is 3. The van der Waals surface area contributed by atoms with Crippen LogP contribution in [0.3, 0.4) is 0 Å². The highest BCUT2D eigenvalue weighted by Crippen LogP contribution is 2.48. The van der Waals surface area contributed by atoms with Crippen LogP contribution in [0, 0.1) is 0 Å². The molecule has 0 saturated carbocycles. The van der Waals surface area contributed by atoms with Gasteiger partial charge in [-0.15, -0.1) is 11.3 Å². The van der Waals surface area contributed by atoms with E-state index in [-0.39, 0.29) is 0 Å². The van der Waals surface area contributed by atoms with Crippen molar-refractivity contribution in [2.45, 2.75) is 0 Å². The summed E-state index contributed by atoms with van der Waals surface area (Å²) in [7, 11) is 0. The van der Waals surface area contributed by atoms with Crippen molar-refractivity contribution >= 4 is 31.5 Å². The number of hydrogen-bond acceptors (Lipinski definition) is 4. The van der Waals surface area contributed by atoms with Crippen molar-refractivity contribution in [1.82, 2.24) is 15.0 Å². The molecular formula is C51H33N3S. The highest BCUT2D eigenvalue weighted by atomic mass is 32.1. The number of nitrogens with zero attached hydrogens (tertiary/aromatic N) is 3. The Morgan fingerprint density at radius 3 is 1.25 bits per heavy atom. The summed E-state index contributed by atoms with van der Waals surface area (Å²) in [6, 6.07) is 70.5. The first-order chi connectivity index (χ1) is 27.3. The quantitative estimate of drug-likeness (QED) is 0.165. The molecule has 258 valence electrons. The van der Waals surface area contributed by atoms with Crippen LogP contribution in [0.1, 0.15) is 0 Å². The molecule has 0 fully saturated rings. The van der Waals surface area contributed by atoms with E-state index in [9.17, 15) is 0 Å². The second kappa shape index (κ2) is 14.1. The maximum Gasteiger partial charge on any atom is 0.164 e. The monoisotopic (exact) mass is 719 g/mol. The van der Waals surface area contributed by atoms with Crippen LogP contribution in [0.2, 0.25) is 0 Å². The molecule has 0 aliphatic rings. The van der Waals surface area contributed by atoms with Crippen LogP contribution in [0.4, 0.5) is 0 Å². The van der Waals surface area contributed by atoms with Crippen molar-refractivity contribution in [2.24, 2.45) is 0 Å². The maximum absolute atomic E-state index is 5.15. The van der Waals surface area contributed by atoms with Gasteiger partial charge in [0, 0.05) is 36.9 Å². The minimum Gasteiger partial charge on any atom is -0.208 e. The van der Waals surface area contributed by atoms with E-state index in [0.29, 0.717) is 17.5 Å². The van der Waals surface area contributed by atoms with Crippen LogP contribution in [-0.4, -0.2) is 15.0 Å². The van der Waals surface area contributed by atoms with Crippen LogP contribution in [0.15, 0.2) is 200 Å². The normalized spacial score (nSPS) is 11.3. The van der Waals surface area contributed by atoms with Gasteiger partial charge in [0.05, 0.1) is 0 Å². The van der Waals surface area contributed by atoms with Crippen molar-refractivity contribution in [3.63, 3.8) is 0 Å². The zero-order chi connectivity index (χ0) is 36.6. The van der Waals surface area contributed by atoms with E-state index >= 15 is 0 Å². The lowest BCUT2D eigenvalue weighted by Crippen LogP contribution is -2.00. The van der Waals surface area contributed by atoms with Gasteiger partial charge >= 0.3 is 0 Å². The van der Waals surface area contributed by atoms with E-state index < -0.39 is 0 Å². The van der Waals surface area contributed by atoms with Gasteiger partial charge in [-0.3, -0.25) is 0 Å². The highest BCUT2D eigenvalue weighted by molar-refractivity contribution is 7.27. The Labute approximate surface area is 323 Å². The zero-order valence-electron chi connectivity index (χ0n) is 29.8. The fourth-order valence-corrected chi connectivity index (χ4v) is 8.88. The molecule has 10 aromatic rings. The lowest BCUT2D eigenvalue weighted by atomic mass is 9.91. The van der Waals surface area contributed by atoms with Gasteiger partial charge in [0.1, 0.15) is 0 Å². The second-order valence-corrected chi connectivity index (χ2v) is 14.6. The molecule has 0 spiro atoms. The second-order valence-electron chi connectivity index (χ2n) is 13.6. The van der Waals surface area contributed by atoms with Gasteiger partial charge in [0.25, 0.3) is 0 Å². The molecule has 0 atom stereocenters. The van der Waals surface area contributed by atoms with Gasteiger partial charge in [-0.25, -0.2) is 15.0 Å². The van der Waals surface area contributed by atoms with Crippen LogP contribution in [-0.2, 0) is 0 Å². The molecule has 0 bridgehead atoms. The van der Waals surface area contributed by atoms with Crippen molar-refractivity contribution in [3.05, 3.63) is 200 Å². The molecule has 0 radical (unpaired) electrons. The van der Waals surface area contributed by atoms with E-state index in [1.165, 1.54) is 48.0 Å². The van der Waals surface area contributed by atoms with Crippen LogP contribution in [0.25, 0.3) is 98.8 Å². The summed E-state index contributed by atoms with van der Waals surface area (Å²) in [5.74, 6) is 1.92. The van der Waals surface area contributed by atoms with Gasteiger partial charge in [0.15, 0.2) is 17.5 Å². The average Bonchev–Trinajstić information content (AvgIpc) is 3.67.